The zero-order valence-corrected chi connectivity index (χ0v) is 10.8. The van der Waals surface area contributed by atoms with Crippen molar-refractivity contribution in [3.63, 3.8) is 0 Å². The van der Waals surface area contributed by atoms with Gasteiger partial charge in [0, 0.05) is 6.54 Å². The molecule has 0 spiro atoms. The first-order valence-electron chi connectivity index (χ1n) is 6.23. The number of hydrogen-bond acceptors (Lipinski definition) is 3. The fraction of sp³-hybridized carbons (Fsp3) is 1.00. The third-order valence-electron chi connectivity index (χ3n) is 3.13. The van der Waals surface area contributed by atoms with E-state index in [1.165, 1.54) is 0 Å². The topological polar surface area (TPSA) is 66.4 Å². The predicted molar refractivity (Wildman–Crippen MR) is 64.7 cm³/mol. The molecule has 2 N–H and O–H groups in total. The lowest BCUT2D eigenvalue weighted by molar-refractivity contribution is 0.167. The summed E-state index contributed by atoms with van der Waals surface area (Å²) in [6.07, 6.45) is 5.64. The van der Waals surface area contributed by atoms with E-state index in [4.69, 9.17) is 0 Å². The van der Waals surface area contributed by atoms with Crippen LogP contribution >= 0.6 is 0 Å². The molecule has 0 aliphatic heterocycles. The maximum Gasteiger partial charge on any atom is 0.214 e. The standard InChI is InChI=1S/C11H23NO3S/c1-2-6-10(13)9-12-16(14,15)11-7-4-3-5-8-11/h10-13H,2-9H2,1H3. The zero-order valence-electron chi connectivity index (χ0n) is 9.98. The van der Waals surface area contributed by atoms with Crippen molar-refractivity contribution in [3.05, 3.63) is 0 Å². The maximum atomic E-state index is 11.9. The first-order chi connectivity index (χ1) is 7.56. The van der Waals surface area contributed by atoms with Crippen LogP contribution in [0, 0.1) is 0 Å². The van der Waals surface area contributed by atoms with Gasteiger partial charge in [0.05, 0.1) is 11.4 Å². The summed E-state index contributed by atoms with van der Waals surface area (Å²) in [4.78, 5) is 0. The predicted octanol–water partition coefficient (Wildman–Crippen LogP) is 1.40. The molecule has 96 valence electrons. The Kier molecular flexibility index (Phi) is 5.72. The molecule has 1 rings (SSSR count). The second-order valence-electron chi connectivity index (χ2n) is 4.60. The molecule has 0 aromatic heterocycles. The molecule has 1 fully saturated rings. The van der Waals surface area contributed by atoms with E-state index in [2.05, 4.69) is 4.72 Å². The van der Waals surface area contributed by atoms with Gasteiger partial charge in [-0.2, -0.15) is 0 Å². The van der Waals surface area contributed by atoms with Gasteiger partial charge in [-0.15, -0.1) is 0 Å². The van der Waals surface area contributed by atoms with Crippen LogP contribution in [-0.2, 0) is 10.0 Å². The minimum atomic E-state index is -3.21. The molecule has 4 nitrogen and oxygen atoms in total. The molecular weight excluding hydrogens is 226 g/mol. The van der Waals surface area contributed by atoms with Crippen molar-refractivity contribution in [2.45, 2.75) is 63.2 Å². The molecule has 1 aliphatic rings. The number of rotatable bonds is 6. The lowest BCUT2D eigenvalue weighted by atomic mass is 10.0. The van der Waals surface area contributed by atoms with Gasteiger partial charge in [0.2, 0.25) is 10.0 Å². The fourth-order valence-electron chi connectivity index (χ4n) is 2.14. The highest BCUT2D eigenvalue weighted by molar-refractivity contribution is 7.90. The van der Waals surface area contributed by atoms with Gasteiger partial charge in [0.15, 0.2) is 0 Å². The summed E-state index contributed by atoms with van der Waals surface area (Å²) < 4.78 is 26.3. The molecule has 16 heavy (non-hydrogen) atoms. The van der Waals surface area contributed by atoms with Crippen molar-refractivity contribution in [3.8, 4) is 0 Å². The van der Waals surface area contributed by atoms with Crippen molar-refractivity contribution < 1.29 is 13.5 Å². The molecule has 0 radical (unpaired) electrons. The molecule has 1 unspecified atom stereocenters. The Bertz CT molecular complexity index is 284. The summed E-state index contributed by atoms with van der Waals surface area (Å²) in [7, 11) is -3.21. The molecule has 0 aromatic carbocycles. The highest BCUT2D eigenvalue weighted by Gasteiger charge is 2.27. The van der Waals surface area contributed by atoms with Crippen molar-refractivity contribution in [1.82, 2.24) is 4.72 Å². The van der Waals surface area contributed by atoms with Gasteiger partial charge in [-0.3, -0.25) is 0 Å². The van der Waals surface area contributed by atoms with E-state index in [9.17, 15) is 13.5 Å². The molecular formula is C11H23NO3S. The van der Waals surface area contributed by atoms with Crippen LogP contribution in [0.2, 0.25) is 0 Å². The van der Waals surface area contributed by atoms with Crippen molar-refractivity contribution in [1.29, 1.82) is 0 Å². The summed E-state index contributed by atoms with van der Waals surface area (Å²) in [5, 5.41) is 9.24. The Morgan fingerprint density at radius 2 is 1.94 bits per heavy atom. The molecule has 0 amide bonds. The van der Waals surface area contributed by atoms with Crippen LogP contribution in [0.1, 0.15) is 51.9 Å². The van der Waals surface area contributed by atoms with Gasteiger partial charge in [0.25, 0.3) is 0 Å². The van der Waals surface area contributed by atoms with Gasteiger partial charge < -0.3 is 5.11 Å². The zero-order chi connectivity index (χ0) is 12.0. The van der Waals surface area contributed by atoms with E-state index < -0.39 is 16.1 Å². The summed E-state index contributed by atoms with van der Waals surface area (Å²) in [6.45, 7) is 2.13. The van der Waals surface area contributed by atoms with E-state index in [0.717, 1.165) is 38.5 Å². The molecule has 0 bridgehead atoms. The molecule has 0 saturated heterocycles. The third-order valence-corrected chi connectivity index (χ3v) is 5.05. The number of nitrogens with one attached hydrogen (secondary N) is 1. The number of aliphatic hydroxyl groups excluding tert-OH is 1. The second-order valence-corrected chi connectivity index (χ2v) is 6.64. The van der Waals surface area contributed by atoms with Gasteiger partial charge >= 0.3 is 0 Å². The van der Waals surface area contributed by atoms with E-state index >= 15 is 0 Å². The normalized spacial score (nSPS) is 20.9. The maximum absolute atomic E-state index is 11.9. The number of hydrogen-bond donors (Lipinski definition) is 2. The Hall–Kier alpha value is -0.130. The van der Waals surface area contributed by atoms with Crippen molar-refractivity contribution in [2.24, 2.45) is 0 Å². The summed E-state index contributed by atoms with van der Waals surface area (Å²) in [6, 6.07) is 0. The lowest BCUT2D eigenvalue weighted by Gasteiger charge is -2.22. The monoisotopic (exact) mass is 249 g/mol. The lowest BCUT2D eigenvalue weighted by Crippen LogP contribution is -2.39. The Labute approximate surface area is 98.5 Å². The Morgan fingerprint density at radius 3 is 2.50 bits per heavy atom. The second kappa shape index (κ2) is 6.57. The van der Waals surface area contributed by atoms with Gasteiger partial charge in [-0.05, 0) is 19.3 Å². The van der Waals surface area contributed by atoms with Crippen LogP contribution in [0.15, 0.2) is 0 Å². The van der Waals surface area contributed by atoms with E-state index in [0.29, 0.717) is 6.42 Å². The first-order valence-corrected chi connectivity index (χ1v) is 7.77. The minimum Gasteiger partial charge on any atom is -0.392 e. The van der Waals surface area contributed by atoms with Crippen LogP contribution in [0.3, 0.4) is 0 Å². The van der Waals surface area contributed by atoms with E-state index in [1.807, 2.05) is 6.92 Å². The highest BCUT2D eigenvalue weighted by atomic mass is 32.2. The van der Waals surface area contributed by atoms with Gasteiger partial charge in [-0.1, -0.05) is 32.6 Å². The first kappa shape index (κ1) is 13.9. The highest BCUT2D eigenvalue weighted by Crippen LogP contribution is 2.22. The van der Waals surface area contributed by atoms with Crippen LogP contribution in [0.4, 0.5) is 0 Å². The van der Waals surface area contributed by atoms with Crippen molar-refractivity contribution in [2.75, 3.05) is 6.54 Å². The fourth-order valence-corrected chi connectivity index (χ4v) is 3.76. The Balaban J connectivity index is 2.38. The average molecular weight is 249 g/mol. The summed E-state index contributed by atoms with van der Waals surface area (Å²) in [5.41, 5.74) is 0. The molecule has 0 heterocycles. The summed E-state index contributed by atoms with van der Waals surface area (Å²) >= 11 is 0. The molecule has 1 atom stereocenters. The molecule has 1 aliphatic carbocycles. The van der Waals surface area contributed by atoms with Crippen LogP contribution in [0.5, 0.6) is 0 Å². The minimum absolute atomic E-state index is 0.159. The quantitative estimate of drug-likeness (QED) is 0.748. The molecule has 5 heteroatoms. The number of sulfonamides is 1. The SMILES string of the molecule is CCCC(O)CNS(=O)(=O)C1CCCCC1. The van der Waals surface area contributed by atoms with Crippen LogP contribution < -0.4 is 4.72 Å². The Morgan fingerprint density at radius 1 is 1.31 bits per heavy atom. The van der Waals surface area contributed by atoms with E-state index in [-0.39, 0.29) is 11.8 Å². The number of aliphatic hydroxyl groups is 1. The largest absolute Gasteiger partial charge is 0.392 e. The molecule has 0 aromatic rings. The van der Waals surface area contributed by atoms with Crippen LogP contribution in [0.25, 0.3) is 0 Å². The summed E-state index contributed by atoms with van der Waals surface area (Å²) in [5.74, 6) is 0. The van der Waals surface area contributed by atoms with Crippen molar-refractivity contribution >= 4 is 10.0 Å². The van der Waals surface area contributed by atoms with Gasteiger partial charge in [-0.25, -0.2) is 13.1 Å². The smallest absolute Gasteiger partial charge is 0.214 e. The van der Waals surface area contributed by atoms with E-state index in [1.54, 1.807) is 0 Å². The third kappa shape index (κ3) is 4.39. The van der Waals surface area contributed by atoms with Crippen LogP contribution in [-0.4, -0.2) is 31.4 Å². The van der Waals surface area contributed by atoms with Gasteiger partial charge in [0.1, 0.15) is 0 Å². The molecule has 1 saturated carbocycles. The average Bonchev–Trinajstić information content (AvgIpc) is 2.28.